The second-order valence-corrected chi connectivity index (χ2v) is 22.7. The third-order valence-corrected chi connectivity index (χ3v) is 17.6. The molecular weight excluding hydrogens is 787 g/mol. The van der Waals surface area contributed by atoms with Gasteiger partial charge in [0.1, 0.15) is 0 Å². The molecule has 3 heteroatoms. The molecule has 0 nitrogen and oxygen atoms in total. The van der Waals surface area contributed by atoms with Gasteiger partial charge in [0.25, 0.3) is 0 Å². The zero-order chi connectivity index (χ0) is 37.4. The fourth-order valence-corrected chi connectivity index (χ4v) is 14.3. The minimum Gasteiger partial charge on any atom is -0.147 e. The average molecular weight is 843 g/mol. The molecule has 0 unspecified atom stereocenters. The summed E-state index contributed by atoms with van der Waals surface area (Å²) in [5.74, 6) is 0. The van der Waals surface area contributed by atoms with Gasteiger partial charge in [0.15, 0.2) is 0 Å². The fraction of sp³-hybridized carbons (Fsp3) is 0.212. The number of hydrogen-bond acceptors (Lipinski definition) is 0. The molecule has 0 radical (unpaired) electrons. The summed E-state index contributed by atoms with van der Waals surface area (Å²) in [7, 11) is 0. The maximum Gasteiger partial charge on any atom is -0.0184 e. The van der Waals surface area contributed by atoms with E-state index < -0.39 is 21.3 Å². The van der Waals surface area contributed by atoms with E-state index in [1.54, 1.807) is 14.4 Å². The molecule has 6 aromatic carbocycles. The monoisotopic (exact) mass is 840 g/mol. The molecule has 0 aliphatic heterocycles. The van der Waals surface area contributed by atoms with E-state index in [1.807, 2.05) is 24.3 Å². The van der Waals surface area contributed by atoms with Crippen LogP contribution < -0.4 is 0 Å². The number of fused-ring (bicyclic) bond motifs is 3. The van der Waals surface area contributed by atoms with E-state index in [4.69, 9.17) is 0 Å². The van der Waals surface area contributed by atoms with Gasteiger partial charge in [-0.1, -0.05) is 121 Å². The van der Waals surface area contributed by atoms with Crippen LogP contribution in [0.3, 0.4) is 0 Å². The first-order valence-corrected chi connectivity index (χ1v) is 23.1. The van der Waals surface area contributed by atoms with E-state index in [0.717, 1.165) is 6.42 Å². The molecule has 2 aliphatic carbocycles. The van der Waals surface area contributed by atoms with Gasteiger partial charge in [0, 0.05) is 0 Å². The summed E-state index contributed by atoms with van der Waals surface area (Å²) in [5, 5.41) is 0. The van der Waals surface area contributed by atoms with Crippen molar-refractivity contribution in [2.75, 3.05) is 0 Å². The molecule has 2 aliphatic rings. The Bertz CT molecular complexity index is 1990. The Morgan fingerprint density at radius 3 is 1.11 bits per heavy atom. The van der Waals surface area contributed by atoms with E-state index in [2.05, 4.69) is 204 Å². The first kappa shape index (κ1) is 43.9. The Morgan fingerprint density at radius 2 is 0.836 bits per heavy atom. The van der Waals surface area contributed by atoms with E-state index in [1.165, 1.54) is 44.5 Å². The summed E-state index contributed by atoms with van der Waals surface area (Å²) in [5.41, 5.74) is 14.5. The van der Waals surface area contributed by atoms with Crippen molar-refractivity contribution < 1.29 is 21.3 Å². The normalized spacial score (nSPS) is 13.1. The largest absolute Gasteiger partial charge is 0.147 e. The maximum absolute atomic E-state index is 2.62. The first-order chi connectivity index (χ1) is 25.5. The van der Waals surface area contributed by atoms with Gasteiger partial charge >= 0.3 is 186 Å². The van der Waals surface area contributed by atoms with Gasteiger partial charge in [-0.15, -0.1) is 24.8 Å². The summed E-state index contributed by atoms with van der Waals surface area (Å²) in [6.07, 6.45) is 8.20. The van der Waals surface area contributed by atoms with Crippen LogP contribution in [0.15, 0.2) is 179 Å². The smallest absolute Gasteiger partial charge is 0.0184 e. The molecule has 0 saturated heterocycles. The molecule has 0 bridgehead atoms. The topological polar surface area (TPSA) is 0 Å². The summed E-state index contributed by atoms with van der Waals surface area (Å²) in [4.78, 5) is 0. The standard InChI is InChI=1S/C21H25.2C12H10.C5H5.C2H4.2ClH.Zr/c1-20(2,3)16-7-9-18-14(12-16)11-15-13-17(21(4,5)6)8-10-19(15)18;2*1-3-7-11(8-4-1)12-9-5-2-6-10-12;1-2-4-5-3-1;1-2;;;/h7-13H,1-6H3;2*1-10H;1-3H,4H2;1H,2H3;2*1H;. The van der Waals surface area contributed by atoms with Gasteiger partial charge < -0.3 is 0 Å². The third-order valence-electron chi connectivity index (χ3n) is 10.3. The minimum absolute atomic E-state index is 0. The van der Waals surface area contributed by atoms with Crippen molar-refractivity contribution in [2.24, 2.45) is 0 Å². The van der Waals surface area contributed by atoms with Gasteiger partial charge in [-0.05, 0) is 22.3 Å². The first-order valence-electron chi connectivity index (χ1n) is 19.1. The number of rotatable bonds is 4. The molecule has 0 heterocycles. The molecule has 0 atom stereocenters. The van der Waals surface area contributed by atoms with Crippen LogP contribution in [-0.2, 0) is 32.1 Å². The van der Waals surface area contributed by atoms with Crippen LogP contribution in [0, 0.1) is 0 Å². The Kier molecular flexibility index (Phi) is 15.8. The number of allylic oxidation sites excluding steroid dienone is 4. The zero-order valence-electron chi connectivity index (χ0n) is 33.4. The summed E-state index contributed by atoms with van der Waals surface area (Å²) in [6.45, 7) is 16.3. The molecule has 0 spiro atoms. The van der Waals surface area contributed by atoms with Crippen molar-refractivity contribution in [3.63, 3.8) is 0 Å². The van der Waals surface area contributed by atoms with Gasteiger partial charge in [-0.3, -0.25) is 0 Å². The minimum atomic E-state index is -1.98. The predicted octanol–water partition coefficient (Wildman–Crippen LogP) is 15.2. The van der Waals surface area contributed by atoms with Gasteiger partial charge in [-0.25, -0.2) is 0 Å². The van der Waals surface area contributed by atoms with E-state index in [0.29, 0.717) is 3.63 Å². The van der Waals surface area contributed by atoms with Gasteiger partial charge in [0.05, 0.1) is 0 Å². The average Bonchev–Trinajstić information content (AvgIpc) is 3.83. The Labute approximate surface area is 351 Å². The number of hydrogen-bond donors (Lipinski definition) is 0. The Morgan fingerprint density at radius 1 is 0.491 bits per heavy atom. The molecule has 0 aromatic heterocycles. The summed E-state index contributed by atoms with van der Waals surface area (Å²) in [6, 6.07) is 56.2. The molecule has 55 heavy (non-hydrogen) atoms. The van der Waals surface area contributed by atoms with Crippen LogP contribution in [0.1, 0.15) is 80.8 Å². The molecule has 8 rings (SSSR count). The van der Waals surface area contributed by atoms with Crippen molar-refractivity contribution in [2.45, 2.75) is 69.3 Å². The van der Waals surface area contributed by atoms with Gasteiger partial charge in [-0.2, -0.15) is 0 Å². The Hall–Kier alpha value is -3.87. The van der Waals surface area contributed by atoms with Crippen molar-refractivity contribution >= 4 is 28.5 Å². The maximum atomic E-state index is 2.62. The SMILES string of the molecule is C/[CH]=[Zr](\[C]1=CC=CC1)[CH]1c2cc(C(C)(C)C)ccc2-c2ccc(C(C)(C)C)cc21.Cl.Cl.c1ccc(-c2ccccc2)cc1.c1ccc(-c2ccccc2)cc1. The third kappa shape index (κ3) is 10.9. The molecule has 0 saturated carbocycles. The van der Waals surface area contributed by atoms with E-state index >= 15 is 0 Å². The van der Waals surface area contributed by atoms with Crippen LogP contribution in [-0.4, -0.2) is 3.71 Å². The van der Waals surface area contributed by atoms with E-state index in [9.17, 15) is 0 Å². The van der Waals surface area contributed by atoms with E-state index in [-0.39, 0.29) is 35.6 Å². The summed E-state index contributed by atoms with van der Waals surface area (Å²) >= 11 is -1.98. The van der Waals surface area contributed by atoms with Crippen molar-refractivity contribution in [3.8, 4) is 33.4 Å². The fourth-order valence-electron chi connectivity index (χ4n) is 7.25. The molecule has 0 amide bonds. The second kappa shape index (κ2) is 19.8. The second-order valence-electron chi connectivity index (χ2n) is 16.1. The van der Waals surface area contributed by atoms with Crippen molar-refractivity contribution in [3.05, 3.63) is 201 Å². The van der Waals surface area contributed by atoms with Crippen LogP contribution in [0.5, 0.6) is 0 Å². The van der Waals surface area contributed by atoms with Gasteiger partial charge in [0.2, 0.25) is 0 Å². The van der Waals surface area contributed by atoms with Crippen LogP contribution >= 0.6 is 24.8 Å². The molecule has 6 aromatic rings. The zero-order valence-corrected chi connectivity index (χ0v) is 37.5. The molecule has 0 N–H and O–H groups in total. The van der Waals surface area contributed by atoms with Crippen molar-refractivity contribution in [1.29, 1.82) is 0 Å². The number of benzene rings is 6. The predicted molar refractivity (Wildman–Crippen MR) is 243 cm³/mol. The van der Waals surface area contributed by atoms with Crippen LogP contribution in [0.4, 0.5) is 0 Å². The van der Waals surface area contributed by atoms with Crippen LogP contribution in [0.2, 0.25) is 0 Å². The molecular formula is C52H56Cl2Zr. The molecule has 0 fully saturated rings. The Balaban J connectivity index is 0.000000213. The quantitative estimate of drug-likeness (QED) is 0.166. The number of halogens is 2. The molecule has 282 valence electrons. The van der Waals surface area contributed by atoms with Crippen molar-refractivity contribution in [1.82, 2.24) is 0 Å². The summed E-state index contributed by atoms with van der Waals surface area (Å²) < 4.78 is 4.96. The van der Waals surface area contributed by atoms with Crippen LogP contribution in [0.25, 0.3) is 33.4 Å².